The molecule has 5 nitrogen and oxygen atoms in total. The Morgan fingerprint density at radius 1 is 1.44 bits per heavy atom. The first-order valence-corrected chi connectivity index (χ1v) is 3.71. The van der Waals surface area contributed by atoms with Crippen molar-refractivity contribution in [2.75, 3.05) is 5.75 Å². The van der Waals surface area contributed by atoms with Gasteiger partial charge in [-0.1, -0.05) is 0 Å². The largest absolute Gasteiger partial charge is 0.365 e. The first kappa shape index (κ1) is 8.83. The lowest BCUT2D eigenvalue weighted by molar-refractivity contribution is -0.124. The van der Waals surface area contributed by atoms with Crippen LogP contribution in [0, 0.1) is 0 Å². The van der Waals surface area contributed by atoms with Crippen LogP contribution in [0.1, 0.15) is 6.92 Å². The normalized spacial score (nSPS) is 13.8. The minimum Gasteiger partial charge on any atom is -0.365 e. The third-order valence-electron chi connectivity index (χ3n) is 0.456. The molecule has 0 aromatic rings. The van der Waals surface area contributed by atoms with Crippen LogP contribution in [0.5, 0.6) is 0 Å². The third-order valence-corrected chi connectivity index (χ3v) is 1.37. The van der Waals surface area contributed by atoms with E-state index in [1.165, 1.54) is 0 Å². The zero-order valence-corrected chi connectivity index (χ0v) is 5.59. The third kappa shape index (κ3) is 7.83. The maximum absolute atomic E-state index is 9.88. The smallest absolute Gasteiger partial charge is 0.270 e. The van der Waals surface area contributed by atoms with Crippen molar-refractivity contribution in [2.24, 2.45) is 0 Å². The summed E-state index contributed by atoms with van der Waals surface area (Å²) in [6, 6.07) is 0. The van der Waals surface area contributed by atoms with Gasteiger partial charge in [-0.3, -0.25) is 4.55 Å². The molecule has 0 aliphatic heterocycles. The van der Waals surface area contributed by atoms with E-state index in [-0.39, 0.29) is 0 Å². The average Bonchev–Trinajstić information content (AvgIpc) is 1.14. The lowest BCUT2D eigenvalue weighted by atomic mass is 10.4. The van der Waals surface area contributed by atoms with Crippen molar-refractivity contribution < 1.29 is 23.2 Å². The summed E-state index contributed by atoms with van der Waals surface area (Å²) in [4.78, 5) is 0. The molecular formula is C3H8O5S. The Morgan fingerprint density at radius 2 is 1.78 bits per heavy atom. The van der Waals surface area contributed by atoms with Crippen LogP contribution in [0.2, 0.25) is 0 Å². The predicted molar refractivity (Wildman–Crippen MR) is 29.3 cm³/mol. The number of hydrogen-bond donors (Lipinski definition) is 3. The van der Waals surface area contributed by atoms with E-state index in [0.29, 0.717) is 0 Å². The first-order chi connectivity index (χ1) is 3.71. The average molecular weight is 156 g/mol. The second-order valence-corrected chi connectivity index (χ2v) is 3.40. The first-order valence-electron chi connectivity index (χ1n) is 2.11. The Kier molecular flexibility index (Phi) is 2.18. The summed E-state index contributed by atoms with van der Waals surface area (Å²) >= 11 is 0. The molecule has 0 spiro atoms. The maximum Gasteiger partial charge on any atom is 0.270 e. The Bertz CT molecular complexity index is 173. The van der Waals surface area contributed by atoms with Gasteiger partial charge in [0.1, 0.15) is 5.75 Å². The molecule has 0 heterocycles. The lowest BCUT2D eigenvalue weighted by Gasteiger charge is -2.11. The van der Waals surface area contributed by atoms with E-state index < -0.39 is 21.7 Å². The van der Waals surface area contributed by atoms with Gasteiger partial charge in [0.15, 0.2) is 5.79 Å². The molecule has 3 N–H and O–H groups in total. The van der Waals surface area contributed by atoms with E-state index in [2.05, 4.69) is 0 Å². The summed E-state index contributed by atoms with van der Waals surface area (Å²) in [5.41, 5.74) is 0. The standard InChI is InChI=1S/C3H8O5S/c1-3(4,5)2-9(6,7)8/h4-5H,2H2,1H3,(H,6,7,8). The molecule has 0 aromatic heterocycles. The molecule has 56 valence electrons. The summed E-state index contributed by atoms with van der Waals surface area (Å²) in [5, 5.41) is 16.7. The van der Waals surface area contributed by atoms with Crippen LogP contribution in [0.25, 0.3) is 0 Å². The molecule has 0 atom stereocenters. The van der Waals surface area contributed by atoms with Crippen LogP contribution in [-0.2, 0) is 10.1 Å². The summed E-state index contributed by atoms with van der Waals surface area (Å²) < 4.78 is 27.8. The summed E-state index contributed by atoms with van der Waals surface area (Å²) in [6.07, 6.45) is 0. The van der Waals surface area contributed by atoms with Gasteiger partial charge in [0.05, 0.1) is 0 Å². The molecule has 9 heavy (non-hydrogen) atoms. The fourth-order valence-electron chi connectivity index (χ4n) is 0.346. The van der Waals surface area contributed by atoms with Crippen LogP contribution in [0.4, 0.5) is 0 Å². The van der Waals surface area contributed by atoms with Gasteiger partial charge in [-0.05, 0) is 6.92 Å². The number of aliphatic hydroxyl groups is 2. The van der Waals surface area contributed by atoms with Crippen LogP contribution in [-0.4, -0.2) is 34.7 Å². The molecule has 0 saturated carbocycles. The SMILES string of the molecule is CC(O)(O)CS(=O)(=O)O. The molecule has 0 bridgehead atoms. The quantitative estimate of drug-likeness (QED) is 0.337. The van der Waals surface area contributed by atoms with E-state index in [9.17, 15) is 8.42 Å². The number of hydrogen-bond acceptors (Lipinski definition) is 4. The zero-order valence-electron chi connectivity index (χ0n) is 4.77. The molecule has 0 saturated heterocycles. The van der Waals surface area contributed by atoms with Gasteiger partial charge in [-0.25, -0.2) is 0 Å². The molecule has 0 aromatic carbocycles. The molecule has 6 heteroatoms. The van der Waals surface area contributed by atoms with Gasteiger partial charge in [-0.2, -0.15) is 8.42 Å². The van der Waals surface area contributed by atoms with Crippen molar-refractivity contribution in [3.05, 3.63) is 0 Å². The van der Waals surface area contributed by atoms with Crippen molar-refractivity contribution in [3.8, 4) is 0 Å². The highest BCUT2D eigenvalue weighted by Crippen LogP contribution is 1.99. The summed E-state index contributed by atoms with van der Waals surface area (Å²) in [7, 11) is -4.28. The summed E-state index contributed by atoms with van der Waals surface area (Å²) in [5.74, 6) is -3.42. The topological polar surface area (TPSA) is 94.8 Å². The Hall–Kier alpha value is -0.170. The van der Waals surface area contributed by atoms with Crippen LogP contribution >= 0.6 is 0 Å². The molecule has 0 radical (unpaired) electrons. The Balaban J connectivity index is 4.07. The minimum atomic E-state index is -4.28. The fourth-order valence-corrected chi connectivity index (χ4v) is 1.04. The van der Waals surface area contributed by atoms with Crippen molar-refractivity contribution >= 4 is 10.1 Å². The fraction of sp³-hybridized carbons (Fsp3) is 1.00. The van der Waals surface area contributed by atoms with Crippen molar-refractivity contribution in [1.82, 2.24) is 0 Å². The van der Waals surface area contributed by atoms with Gasteiger partial charge in [-0.15, -0.1) is 0 Å². The maximum atomic E-state index is 9.88. The van der Waals surface area contributed by atoms with E-state index in [4.69, 9.17) is 14.8 Å². The van der Waals surface area contributed by atoms with E-state index >= 15 is 0 Å². The second-order valence-electron chi connectivity index (χ2n) is 1.94. The van der Waals surface area contributed by atoms with Gasteiger partial charge in [0.25, 0.3) is 10.1 Å². The van der Waals surface area contributed by atoms with Crippen molar-refractivity contribution in [2.45, 2.75) is 12.7 Å². The zero-order chi connectivity index (χ0) is 7.71. The van der Waals surface area contributed by atoms with E-state index in [1.807, 2.05) is 0 Å². The molecule has 0 aliphatic rings. The van der Waals surface area contributed by atoms with Gasteiger partial charge >= 0.3 is 0 Å². The van der Waals surface area contributed by atoms with Crippen LogP contribution < -0.4 is 0 Å². The van der Waals surface area contributed by atoms with E-state index in [0.717, 1.165) is 6.92 Å². The summed E-state index contributed by atoms with van der Waals surface area (Å²) in [6.45, 7) is 0.862. The van der Waals surface area contributed by atoms with E-state index in [1.54, 1.807) is 0 Å². The molecular weight excluding hydrogens is 148 g/mol. The van der Waals surface area contributed by atoms with Crippen LogP contribution in [0.15, 0.2) is 0 Å². The van der Waals surface area contributed by atoms with Crippen LogP contribution in [0.3, 0.4) is 0 Å². The van der Waals surface area contributed by atoms with Gasteiger partial charge in [0, 0.05) is 0 Å². The highest BCUT2D eigenvalue weighted by Gasteiger charge is 2.22. The molecule has 0 fully saturated rings. The highest BCUT2D eigenvalue weighted by molar-refractivity contribution is 7.85. The Morgan fingerprint density at radius 3 is 1.78 bits per heavy atom. The second kappa shape index (κ2) is 2.22. The monoisotopic (exact) mass is 156 g/mol. The lowest BCUT2D eigenvalue weighted by Crippen LogP contribution is -2.32. The van der Waals surface area contributed by atoms with Crippen molar-refractivity contribution in [1.29, 1.82) is 0 Å². The highest BCUT2D eigenvalue weighted by atomic mass is 32.2. The molecule has 0 aliphatic carbocycles. The predicted octanol–water partition coefficient (Wildman–Crippen LogP) is -1.42. The van der Waals surface area contributed by atoms with Gasteiger partial charge < -0.3 is 10.2 Å². The number of rotatable bonds is 2. The Labute approximate surface area is 52.7 Å². The molecule has 0 unspecified atom stereocenters. The minimum absolute atomic E-state index is 0.862. The molecule has 0 rings (SSSR count). The van der Waals surface area contributed by atoms with Gasteiger partial charge in [0.2, 0.25) is 0 Å². The molecule has 0 amide bonds. The van der Waals surface area contributed by atoms with Crippen molar-refractivity contribution in [3.63, 3.8) is 0 Å².